The highest BCUT2D eigenvalue weighted by atomic mass is 16.5. The summed E-state index contributed by atoms with van der Waals surface area (Å²) in [4.78, 5) is 9.03. The fraction of sp³-hybridized carbons (Fsp3) is 0.737. The van der Waals surface area contributed by atoms with Crippen LogP contribution in [0.2, 0.25) is 0 Å². The third-order valence-electron chi connectivity index (χ3n) is 5.76. The molecule has 142 valence electrons. The van der Waals surface area contributed by atoms with Crippen LogP contribution in [0.25, 0.3) is 0 Å². The zero-order valence-electron chi connectivity index (χ0n) is 15.7. The number of hydrogen-bond acceptors (Lipinski definition) is 6. The quantitative estimate of drug-likeness (QED) is 0.884. The number of imidazole rings is 1. The predicted octanol–water partition coefficient (Wildman–Crippen LogP) is 2.90. The Kier molecular flexibility index (Phi) is 5.36. The Balaban J connectivity index is 1.35. The first-order valence-electron chi connectivity index (χ1n) is 9.92. The van der Waals surface area contributed by atoms with Gasteiger partial charge in [0, 0.05) is 50.5 Å². The molecule has 1 saturated heterocycles. The molecular formula is C19H29N5O2. The molecule has 0 bridgehead atoms. The summed E-state index contributed by atoms with van der Waals surface area (Å²) in [7, 11) is 2.04. The SMILES string of the molecule is CCc1noc(C2CCC(N[C@H]3CCCO[C@@H]3c3nccn3C)CC2)n1. The summed E-state index contributed by atoms with van der Waals surface area (Å²) in [6.07, 6.45) is 11.4. The molecule has 1 saturated carbocycles. The van der Waals surface area contributed by atoms with Gasteiger partial charge in [-0.1, -0.05) is 12.1 Å². The fourth-order valence-corrected chi connectivity index (χ4v) is 4.24. The van der Waals surface area contributed by atoms with Crippen molar-refractivity contribution in [1.82, 2.24) is 25.0 Å². The van der Waals surface area contributed by atoms with Crippen molar-refractivity contribution in [2.45, 2.75) is 76.0 Å². The fourth-order valence-electron chi connectivity index (χ4n) is 4.24. The zero-order chi connectivity index (χ0) is 17.9. The van der Waals surface area contributed by atoms with Crippen LogP contribution in [0.15, 0.2) is 16.9 Å². The molecule has 2 fully saturated rings. The van der Waals surface area contributed by atoms with Gasteiger partial charge in [0.05, 0.1) is 0 Å². The molecule has 0 amide bonds. The Morgan fingerprint density at radius 3 is 2.77 bits per heavy atom. The molecule has 1 aliphatic heterocycles. The summed E-state index contributed by atoms with van der Waals surface area (Å²) in [5, 5.41) is 7.91. The second-order valence-corrected chi connectivity index (χ2v) is 7.55. The predicted molar refractivity (Wildman–Crippen MR) is 96.7 cm³/mol. The first-order chi connectivity index (χ1) is 12.7. The summed E-state index contributed by atoms with van der Waals surface area (Å²) in [5.41, 5.74) is 0. The highest BCUT2D eigenvalue weighted by Crippen LogP contribution is 2.34. The standard InChI is InChI=1S/C19H29N5O2/c1-3-16-22-19(26-23-16)13-6-8-14(9-7-13)21-15-5-4-12-25-17(15)18-20-10-11-24(18)2/h10-11,13-15,17,21H,3-9,12H2,1-2H3/t13?,14?,15-,17-/m0/s1. The van der Waals surface area contributed by atoms with Crippen molar-refractivity contribution < 1.29 is 9.26 Å². The van der Waals surface area contributed by atoms with Crippen LogP contribution < -0.4 is 5.32 Å². The number of ether oxygens (including phenoxy) is 1. The lowest BCUT2D eigenvalue weighted by Gasteiger charge is -2.37. The van der Waals surface area contributed by atoms with Crippen molar-refractivity contribution in [3.05, 3.63) is 29.9 Å². The Labute approximate surface area is 154 Å². The van der Waals surface area contributed by atoms with Crippen LogP contribution in [0.1, 0.15) is 75.0 Å². The molecule has 2 aromatic rings. The van der Waals surface area contributed by atoms with Crippen LogP contribution in [0.5, 0.6) is 0 Å². The van der Waals surface area contributed by atoms with E-state index in [1.165, 1.54) is 0 Å². The number of nitrogens with zero attached hydrogens (tertiary/aromatic N) is 4. The minimum absolute atomic E-state index is 0.0459. The first-order valence-corrected chi connectivity index (χ1v) is 9.92. The lowest BCUT2D eigenvalue weighted by molar-refractivity contribution is -0.0218. The summed E-state index contributed by atoms with van der Waals surface area (Å²) >= 11 is 0. The Bertz CT molecular complexity index is 704. The van der Waals surface area contributed by atoms with Crippen LogP contribution in [-0.2, 0) is 18.2 Å². The first kappa shape index (κ1) is 17.7. The number of aromatic nitrogens is 4. The van der Waals surface area contributed by atoms with Gasteiger partial charge in [-0.15, -0.1) is 0 Å². The lowest BCUT2D eigenvalue weighted by Crippen LogP contribution is -2.46. The number of aryl methyl sites for hydroxylation is 2. The van der Waals surface area contributed by atoms with E-state index in [0.717, 1.165) is 69.1 Å². The summed E-state index contributed by atoms with van der Waals surface area (Å²) < 4.78 is 13.6. The van der Waals surface area contributed by atoms with Gasteiger partial charge in [0.1, 0.15) is 11.9 Å². The molecule has 4 rings (SSSR count). The Morgan fingerprint density at radius 2 is 2.08 bits per heavy atom. The van der Waals surface area contributed by atoms with Gasteiger partial charge in [0.15, 0.2) is 5.82 Å². The van der Waals surface area contributed by atoms with Crippen molar-refractivity contribution in [2.75, 3.05) is 6.61 Å². The molecule has 3 heterocycles. The van der Waals surface area contributed by atoms with Crippen LogP contribution >= 0.6 is 0 Å². The van der Waals surface area contributed by atoms with Crippen LogP contribution in [0.3, 0.4) is 0 Å². The summed E-state index contributed by atoms with van der Waals surface area (Å²) in [6, 6.07) is 0.857. The van der Waals surface area contributed by atoms with Crippen molar-refractivity contribution in [1.29, 1.82) is 0 Å². The van der Waals surface area contributed by atoms with E-state index in [1.54, 1.807) is 0 Å². The van der Waals surface area contributed by atoms with Crippen LogP contribution in [0, 0.1) is 0 Å². The zero-order valence-corrected chi connectivity index (χ0v) is 15.7. The molecule has 7 heteroatoms. The van der Waals surface area contributed by atoms with Gasteiger partial charge in [0.25, 0.3) is 0 Å². The normalized spacial score (nSPS) is 29.8. The molecule has 0 spiro atoms. The van der Waals surface area contributed by atoms with E-state index < -0.39 is 0 Å². The van der Waals surface area contributed by atoms with Crippen molar-refractivity contribution in [3.63, 3.8) is 0 Å². The second-order valence-electron chi connectivity index (χ2n) is 7.55. The van der Waals surface area contributed by atoms with Gasteiger partial charge in [-0.2, -0.15) is 4.98 Å². The Morgan fingerprint density at radius 1 is 1.23 bits per heavy atom. The van der Waals surface area contributed by atoms with E-state index in [4.69, 9.17) is 9.26 Å². The van der Waals surface area contributed by atoms with E-state index in [9.17, 15) is 0 Å². The third kappa shape index (κ3) is 3.69. The van der Waals surface area contributed by atoms with Crippen LogP contribution in [-0.4, -0.2) is 38.4 Å². The third-order valence-corrected chi connectivity index (χ3v) is 5.76. The highest BCUT2D eigenvalue weighted by Gasteiger charge is 2.33. The van der Waals surface area contributed by atoms with Gasteiger partial charge in [-0.3, -0.25) is 0 Å². The number of hydrogen-bond donors (Lipinski definition) is 1. The van der Waals surface area contributed by atoms with E-state index in [2.05, 4.69) is 31.9 Å². The maximum atomic E-state index is 6.08. The second kappa shape index (κ2) is 7.88. The monoisotopic (exact) mass is 359 g/mol. The smallest absolute Gasteiger partial charge is 0.229 e. The maximum absolute atomic E-state index is 6.08. The number of rotatable bonds is 5. The van der Waals surface area contributed by atoms with E-state index in [1.807, 2.05) is 19.4 Å². The van der Waals surface area contributed by atoms with Crippen molar-refractivity contribution >= 4 is 0 Å². The molecule has 7 nitrogen and oxygen atoms in total. The molecule has 2 aliphatic rings. The molecule has 26 heavy (non-hydrogen) atoms. The Hall–Kier alpha value is -1.73. The molecule has 1 N–H and O–H groups in total. The summed E-state index contributed by atoms with van der Waals surface area (Å²) in [5.74, 6) is 3.08. The average molecular weight is 359 g/mol. The van der Waals surface area contributed by atoms with E-state index >= 15 is 0 Å². The van der Waals surface area contributed by atoms with Gasteiger partial charge in [-0.05, 0) is 38.5 Å². The van der Waals surface area contributed by atoms with Gasteiger partial charge in [-0.25, -0.2) is 4.98 Å². The average Bonchev–Trinajstić information content (AvgIpc) is 3.32. The number of nitrogens with one attached hydrogen (secondary N) is 1. The molecule has 2 atom stereocenters. The topological polar surface area (TPSA) is 78.0 Å². The molecule has 0 unspecified atom stereocenters. The highest BCUT2D eigenvalue weighted by molar-refractivity contribution is 5.03. The molecule has 0 aromatic carbocycles. The summed E-state index contributed by atoms with van der Waals surface area (Å²) in [6.45, 7) is 2.87. The maximum Gasteiger partial charge on any atom is 0.229 e. The van der Waals surface area contributed by atoms with Gasteiger partial charge in [0.2, 0.25) is 5.89 Å². The minimum atomic E-state index is 0.0459. The van der Waals surface area contributed by atoms with Crippen molar-refractivity contribution in [3.8, 4) is 0 Å². The largest absolute Gasteiger partial charge is 0.369 e. The molecule has 0 radical (unpaired) electrons. The van der Waals surface area contributed by atoms with Gasteiger partial charge >= 0.3 is 0 Å². The minimum Gasteiger partial charge on any atom is -0.369 e. The van der Waals surface area contributed by atoms with Gasteiger partial charge < -0.3 is 19.1 Å². The molecule has 2 aromatic heterocycles. The molecular weight excluding hydrogens is 330 g/mol. The van der Waals surface area contributed by atoms with E-state index in [-0.39, 0.29) is 6.10 Å². The van der Waals surface area contributed by atoms with Crippen LogP contribution in [0.4, 0.5) is 0 Å². The molecule has 1 aliphatic carbocycles. The van der Waals surface area contributed by atoms with E-state index in [0.29, 0.717) is 18.0 Å². The van der Waals surface area contributed by atoms with Crippen molar-refractivity contribution in [2.24, 2.45) is 7.05 Å². The lowest BCUT2D eigenvalue weighted by atomic mass is 9.85.